The predicted molar refractivity (Wildman–Crippen MR) is 53.5 cm³/mol. The third-order valence-electron chi connectivity index (χ3n) is 2.44. The Hall–Kier alpha value is -0.0400. The number of rotatable bonds is 0. The maximum Gasteiger partial charge on any atom is 0.0133 e. The molecule has 0 saturated heterocycles. The van der Waals surface area contributed by atoms with Gasteiger partial charge in [0.15, 0.2) is 0 Å². The van der Waals surface area contributed by atoms with E-state index >= 15 is 0 Å². The Labute approximate surface area is 77.5 Å². The summed E-state index contributed by atoms with van der Waals surface area (Å²) in [5, 5.41) is 0. The molecule has 0 nitrogen and oxygen atoms in total. The topological polar surface area (TPSA) is 0 Å². The van der Waals surface area contributed by atoms with Gasteiger partial charge in [-0.1, -0.05) is 28.4 Å². The molecule has 1 rings (SSSR count). The minimum Gasteiger partial charge on any atom is -0.0692 e. The van der Waals surface area contributed by atoms with Crippen LogP contribution in [0.3, 0.4) is 0 Å². The fraction of sp³-hybridized carbons (Fsp3) is 0.500. The van der Waals surface area contributed by atoms with E-state index < -0.39 is 0 Å². The zero-order valence-electron chi connectivity index (χ0n) is 7.59. The van der Waals surface area contributed by atoms with Crippen LogP contribution in [-0.4, -0.2) is 0 Å². The molecule has 1 aliphatic rings. The second-order valence-corrected chi connectivity index (χ2v) is 4.09. The van der Waals surface area contributed by atoms with Crippen molar-refractivity contribution in [3.63, 3.8) is 0 Å². The van der Waals surface area contributed by atoms with Gasteiger partial charge in [0.05, 0.1) is 0 Å². The summed E-state index contributed by atoms with van der Waals surface area (Å²) in [7, 11) is 0. The molecule has 0 unspecified atom stereocenters. The monoisotopic (exact) mass is 213 g/mol. The molecule has 0 aromatic rings. The number of halogens is 1. The molecule has 0 amide bonds. The summed E-state index contributed by atoms with van der Waals surface area (Å²) >= 11 is 3.60. The Balaban J connectivity index is 3.07. The van der Waals surface area contributed by atoms with E-state index in [9.17, 15) is 0 Å². The summed E-state index contributed by atoms with van der Waals surface area (Å²) in [6.45, 7) is 8.76. The van der Waals surface area contributed by atoms with E-state index in [1.54, 1.807) is 0 Å². The smallest absolute Gasteiger partial charge is 0.0133 e. The Morgan fingerprint density at radius 3 is 2.09 bits per heavy atom. The number of allylic oxidation sites excluding steroid dienone is 4. The molecule has 0 saturated carbocycles. The second-order valence-electron chi connectivity index (χ2n) is 3.30. The molecule has 0 spiro atoms. The van der Waals surface area contributed by atoms with Crippen molar-refractivity contribution in [1.82, 2.24) is 0 Å². The average Bonchev–Trinajstić information content (AvgIpc) is 1.97. The predicted octanol–water partition coefficient (Wildman–Crippen LogP) is 3.99. The Bertz CT molecular complexity index is 233. The first-order valence-electron chi connectivity index (χ1n) is 3.90. The molecule has 1 heteroatoms. The molecule has 0 heterocycles. The standard InChI is InChI=1S/C10H14Br/c1-6-5-7(2)10(11)9(4)8(6)3/h5H2,1-4H3. The normalized spacial score (nSPS) is 21.5. The van der Waals surface area contributed by atoms with E-state index in [0.717, 1.165) is 6.42 Å². The molecular weight excluding hydrogens is 200 g/mol. The first kappa shape index (κ1) is 9.05. The highest BCUT2D eigenvalue weighted by atomic mass is 79.9. The van der Waals surface area contributed by atoms with Gasteiger partial charge >= 0.3 is 0 Å². The Kier molecular flexibility index (Phi) is 2.58. The number of hydrogen-bond acceptors (Lipinski definition) is 0. The lowest BCUT2D eigenvalue weighted by Gasteiger charge is -2.22. The Morgan fingerprint density at radius 2 is 1.55 bits per heavy atom. The van der Waals surface area contributed by atoms with Gasteiger partial charge in [-0.25, -0.2) is 0 Å². The third kappa shape index (κ3) is 1.58. The van der Waals surface area contributed by atoms with Crippen molar-refractivity contribution >= 4 is 15.9 Å². The van der Waals surface area contributed by atoms with Crippen LogP contribution in [0.2, 0.25) is 0 Å². The van der Waals surface area contributed by atoms with Crippen LogP contribution in [0.4, 0.5) is 0 Å². The molecule has 61 valence electrons. The van der Waals surface area contributed by atoms with E-state index in [4.69, 9.17) is 0 Å². The summed E-state index contributed by atoms with van der Waals surface area (Å²) in [4.78, 5) is 0. The maximum absolute atomic E-state index is 3.60. The van der Waals surface area contributed by atoms with Crippen molar-refractivity contribution in [1.29, 1.82) is 0 Å². The van der Waals surface area contributed by atoms with Crippen LogP contribution < -0.4 is 0 Å². The van der Waals surface area contributed by atoms with Crippen LogP contribution in [0, 0.1) is 5.92 Å². The number of hydrogen-bond donors (Lipinski definition) is 0. The first-order chi connectivity index (χ1) is 5.04. The zero-order chi connectivity index (χ0) is 8.59. The lowest BCUT2D eigenvalue weighted by molar-refractivity contribution is 0.936. The van der Waals surface area contributed by atoms with Gasteiger partial charge < -0.3 is 0 Å². The third-order valence-corrected chi connectivity index (χ3v) is 3.71. The highest BCUT2D eigenvalue weighted by Gasteiger charge is 2.18. The molecule has 11 heavy (non-hydrogen) atoms. The van der Waals surface area contributed by atoms with Crippen LogP contribution >= 0.6 is 15.9 Å². The summed E-state index contributed by atoms with van der Waals surface area (Å²) in [6, 6.07) is 0. The van der Waals surface area contributed by atoms with Gasteiger partial charge in [0, 0.05) is 10.4 Å². The van der Waals surface area contributed by atoms with Crippen molar-refractivity contribution in [2.75, 3.05) is 0 Å². The molecule has 1 radical (unpaired) electrons. The van der Waals surface area contributed by atoms with Crippen molar-refractivity contribution < 1.29 is 0 Å². The van der Waals surface area contributed by atoms with Gasteiger partial charge in [0.2, 0.25) is 0 Å². The highest BCUT2D eigenvalue weighted by molar-refractivity contribution is 9.11. The van der Waals surface area contributed by atoms with Gasteiger partial charge in [-0.2, -0.15) is 0 Å². The van der Waals surface area contributed by atoms with Gasteiger partial charge in [-0.05, 0) is 38.3 Å². The van der Waals surface area contributed by atoms with Gasteiger partial charge in [0.1, 0.15) is 0 Å². The molecule has 0 N–H and O–H groups in total. The largest absolute Gasteiger partial charge is 0.0692 e. The van der Waals surface area contributed by atoms with Gasteiger partial charge in [-0.3, -0.25) is 0 Å². The average molecular weight is 214 g/mol. The van der Waals surface area contributed by atoms with Crippen molar-refractivity contribution in [2.24, 2.45) is 0 Å². The van der Waals surface area contributed by atoms with E-state index in [2.05, 4.69) is 43.6 Å². The van der Waals surface area contributed by atoms with Crippen LogP contribution in [0.5, 0.6) is 0 Å². The highest BCUT2D eigenvalue weighted by Crippen LogP contribution is 2.37. The lowest BCUT2D eigenvalue weighted by Crippen LogP contribution is -2.04. The molecular formula is C10H14Br. The zero-order valence-corrected chi connectivity index (χ0v) is 9.17. The Morgan fingerprint density at radius 1 is 1.00 bits per heavy atom. The fourth-order valence-corrected chi connectivity index (χ4v) is 1.85. The van der Waals surface area contributed by atoms with E-state index in [-0.39, 0.29) is 0 Å². The lowest BCUT2D eigenvalue weighted by atomic mass is 9.88. The summed E-state index contributed by atoms with van der Waals surface area (Å²) in [6.07, 6.45) is 1.13. The summed E-state index contributed by atoms with van der Waals surface area (Å²) in [5.41, 5.74) is 4.34. The van der Waals surface area contributed by atoms with Crippen molar-refractivity contribution in [2.45, 2.75) is 34.1 Å². The van der Waals surface area contributed by atoms with Crippen LogP contribution in [0.25, 0.3) is 0 Å². The molecule has 0 aliphatic heterocycles. The van der Waals surface area contributed by atoms with Gasteiger partial charge in [0.25, 0.3) is 0 Å². The quantitative estimate of drug-likeness (QED) is 0.571. The van der Waals surface area contributed by atoms with Crippen LogP contribution in [-0.2, 0) is 0 Å². The SMILES string of the molecule is C[C]1CC(C)=C(C)C(C)=C1Br. The minimum atomic E-state index is 1.13. The molecule has 1 aliphatic carbocycles. The summed E-state index contributed by atoms with van der Waals surface area (Å²) in [5.74, 6) is 1.45. The van der Waals surface area contributed by atoms with E-state index in [0.29, 0.717) is 0 Å². The maximum atomic E-state index is 3.60. The molecule has 0 atom stereocenters. The molecule has 0 aromatic carbocycles. The van der Waals surface area contributed by atoms with Crippen LogP contribution in [0.15, 0.2) is 21.2 Å². The molecule has 0 fully saturated rings. The minimum absolute atomic E-state index is 1.13. The van der Waals surface area contributed by atoms with Gasteiger partial charge in [-0.15, -0.1) is 0 Å². The summed E-state index contributed by atoms with van der Waals surface area (Å²) < 4.78 is 1.31. The van der Waals surface area contributed by atoms with Crippen LogP contribution in [0.1, 0.15) is 34.1 Å². The van der Waals surface area contributed by atoms with E-state index in [1.165, 1.54) is 27.1 Å². The van der Waals surface area contributed by atoms with E-state index in [1.807, 2.05) is 0 Å². The first-order valence-corrected chi connectivity index (χ1v) is 4.69. The second kappa shape index (κ2) is 3.14. The molecule has 0 bridgehead atoms. The fourth-order valence-electron chi connectivity index (χ4n) is 1.41. The van der Waals surface area contributed by atoms with Crippen molar-refractivity contribution in [3.05, 3.63) is 27.1 Å². The molecule has 0 aromatic heterocycles. The van der Waals surface area contributed by atoms with Crippen molar-refractivity contribution in [3.8, 4) is 0 Å².